The first kappa shape index (κ1) is 9.53. The molecule has 0 unspecified atom stereocenters. The quantitative estimate of drug-likeness (QED) is 0.532. The maximum atomic E-state index is 11.5. The molecule has 0 aromatic heterocycles. The minimum Gasteiger partial charge on any atom is -0.171 e. The number of hydrogen-bond donors (Lipinski definition) is 0. The molecule has 0 aromatic carbocycles. The van der Waals surface area contributed by atoms with Gasteiger partial charge in [0.15, 0.2) is 0 Å². The molecule has 0 atom stereocenters. The monoisotopic (exact) mass is 152 g/mol. The maximum absolute atomic E-state index is 11.5. The average Bonchev–Trinajstić information content (AvgIpc) is 1.59. The van der Waals surface area contributed by atoms with Gasteiger partial charge in [0.1, 0.15) is 0 Å². The highest BCUT2D eigenvalue weighted by molar-refractivity contribution is 4.92. The van der Waals surface area contributed by atoms with Crippen molar-refractivity contribution >= 4 is 0 Å². The Bertz CT molecular complexity index is 117. The topological polar surface area (TPSA) is 0 Å². The van der Waals surface area contributed by atoms with Crippen LogP contribution in [0.15, 0.2) is 11.6 Å². The van der Waals surface area contributed by atoms with Crippen molar-refractivity contribution in [2.75, 3.05) is 0 Å². The molecule has 0 nitrogen and oxygen atoms in total. The van der Waals surface area contributed by atoms with Crippen LogP contribution in [0.4, 0.5) is 13.2 Å². The van der Waals surface area contributed by atoms with E-state index in [0.29, 0.717) is 0 Å². The van der Waals surface area contributed by atoms with E-state index in [1.807, 2.05) is 0 Å². The standard InChI is InChI=1S/C7H11F3/c1-6(2)4-3-5-7(8,9)10/h4H,3,5H2,1-2H3. The molecule has 3 heteroatoms. The lowest BCUT2D eigenvalue weighted by Gasteiger charge is -2.02. The summed E-state index contributed by atoms with van der Waals surface area (Å²) in [5, 5.41) is 0. The summed E-state index contributed by atoms with van der Waals surface area (Å²) < 4.78 is 34.4. The third-order valence-corrected chi connectivity index (χ3v) is 0.980. The maximum Gasteiger partial charge on any atom is 0.389 e. The van der Waals surface area contributed by atoms with Gasteiger partial charge in [-0.15, -0.1) is 0 Å². The van der Waals surface area contributed by atoms with Crippen LogP contribution < -0.4 is 0 Å². The second-order valence-corrected chi connectivity index (χ2v) is 2.44. The Morgan fingerprint density at radius 3 is 2.10 bits per heavy atom. The second kappa shape index (κ2) is 3.64. The molecular formula is C7H11F3. The van der Waals surface area contributed by atoms with E-state index < -0.39 is 12.6 Å². The van der Waals surface area contributed by atoms with Crippen molar-refractivity contribution in [3.05, 3.63) is 11.6 Å². The highest BCUT2D eigenvalue weighted by Crippen LogP contribution is 2.21. The fourth-order valence-corrected chi connectivity index (χ4v) is 0.525. The van der Waals surface area contributed by atoms with Crippen LogP contribution in [-0.4, -0.2) is 6.18 Å². The van der Waals surface area contributed by atoms with Gasteiger partial charge in [-0.3, -0.25) is 0 Å². The van der Waals surface area contributed by atoms with E-state index in [1.54, 1.807) is 19.9 Å². The first-order chi connectivity index (χ1) is 4.42. The van der Waals surface area contributed by atoms with Crippen LogP contribution in [0, 0.1) is 0 Å². The summed E-state index contributed by atoms with van der Waals surface area (Å²) in [6.07, 6.45) is -3.02. The molecule has 0 radical (unpaired) electrons. The van der Waals surface area contributed by atoms with Gasteiger partial charge in [-0.2, -0.15) is 13.2 Å². The van der Waals surface area contributed by atoms with Crippen LogP contribution in [0.2, 0.25) is 0 Å². The van der Waals surface area contributed by atoms with Crippen molar-refractivity contribution in [3.63, 3.8) is 0 Å². The molecule has 0 fully saturated rings. The first-order valence-corrected chi connectivity index (χ1v) is 3.12. The van der Waals surface area contributed by atoms with Gasteiger partial charge in [0, 0.05) is 6.42 Å². The van der Waals surface area contributed by atoms with Crippen LogP contribution in [-0.2, 0) is 0 Å². The van der Waals surface area contributed by atoms with Crippen molar-refractivity contribution in [3.8, 4) is 0 Å². The summed E-state index contributed by atoms with van der Waals surface area (Å²) >= 11 is 0. The molecule has 0 saturated carbocycles. The van der Waals surface area contributed by atoms with Crippen molar-refractivity contribution < 1.29 is 13.2 Å². The highest BCUT2D eigenvalue weighted by atomic mass is 19.4. The van der Waals surface area contributed by atoms with Crippen LogP contribution in [0.5, 0.6) is 0 Å². The zero-order valence-electron chi connectivity index (χ0n) is 6.13. The summed E-state index contributed by atoms with van der Waals surface area (Å²) in [7, 11) is 0. The molecule has 0 rings (SSSR count). The van der Waals surface area contributed by atoms with Gasteiger partial charge in [-0.1, -0.05) is 11.6 Å². The molecule has 0 aliphatic carbocycles. The molecule has 0 spiro atoms. The Morgan fingerprint density at radius 1 is 1.30 bits per heavy atom. The van der Waals surface area contributed by atoms with E-state index >= 15 is 0 Å². The summed E-state index contributed by atoms with van der Waals surface area (Å²) in [5.41, 5.74) is 0.934. The first-order valence-electron chi connectivity index (χ1n) is 3.12. The minimum absolute atomic E-state index is 0.103. The summed E-state index contributed by atoms with van der Waals surface area (Å²) in [4.78, 5) is 0. The SMILES string of the molecule is CC(C)=CCCC(F)(F)F. The van der Waals surface area contributed by atoms with E-state index in [4.69, 9.17) is 0 Å². The number of rotatable bonds is 2. The third kappa shape index (κ3) is 7.53. The molecule has 0 N–H and O–H groups in total. The van der Waals surface area contributed by atoms with Gasteiger partial charge in [0.2, 0.25) is 0 Å². The minimum atomic E-state index is -4.01. The molecular weight excluding hydrogens is 141 g/mol. The van der Waals surface area contributed by atoms with E-state index in [1.165, 1.54) is 0 Å². The predicted molar refractivity (Wildman–Crippen MR) is 34.7 cm³/mol. The number of allylic oxidation sites excluding steroid dienone is 2. The molecule has 0 aliphatic heterocycles. The average molecular weight is 152 g/mol. The molecule has 0 aliphatic rings. The third-order valence-electron chi connectivity index (χ3n) is 0.980. The molecule has 0 saturated heterocycles. The van der Waals surface area contributed by atoms with Gasteiger partial charge in [-0.05, 0) is 20.3 Å². The molecule has 0 heterocycles. The highest BCUT2D eigenvalue weighted by Gasteiger charge is 2.25. The van der Waals surface area contributed by atoms with Crippen molar-refractivity contribution in [1.29, 1.82) is 0 Å². The van der Waals surface area contributed by atoms with Crippen LogP contribution in [0.3, 0.4) is 0 Å². The second-order valence-electron chi connectivity index (χ2n) is 2.44. The fourth-order valence-electron chi connectivity index (χ4n) is 0.525. The summed E-state index contributed by atoms with van der Waals surface area (Å²) in [5.74, 6) is 0. The lowest BCUT2D eigenvalue weighted by atomic mass is 10.2. The van der Waals surface area contributed by atoms with Crippen molar-refractivity contribution in [2.45, 2.75) is 32.9 Å². The van der Waals surface area contributed by atoms with Crippen LogP contribution >= 0.6 is 0 Å². The van der Waals surface area contributed by atoms with Gasteiger partial charge in [0.25, 0.3) is 0 Å². The lowest BCUT2D eigenvalue weighted by molar-refractivity contribution is -0.133. The van der Waals surface area contributed by atoms with Crippen molar-refractivity contribution in [2.24, 2.45) is 0 Å². The van der Waals surface area contributed by atoms with Crippen LogP contribution in [0.1, 0.15) is 26.7 Å². The van der Waals surface area contributed by atoms with E-state index in [-0.39, 0.29) is 6.42 Å². The van der Waals surface area contributed by atoms with Gasteiger partial charge in [-0.25, -0.2) is 0 Å². The molecule has 0 bridgehead atoms. The molecule has 0 aromatic rings. The van der Waals surface area contributed by atoms with Gasteiger partial charge < -0.3 is 0 Å². The Kier molecular flexibility index (Phi) is 3.47. The molecule has 0 amide bonds. The fraction of sp³-hybridized carbons (Fsp3) is 0.714. The Balaban J connectivity index is 3.47. The van der Waals surface area contributed by atoms with Gasteiger partial charge >= 0.3 is 6.18 Å². The molecule has 10 heavy (non-hydrogen) atoms. The lowest BCUT2D eigenvalue weighted by Crippen LogP contribution is -2.05. The smallest absolute Gasteiger partial charge is 0.171 e. The van der Waals surface area contributed by atoms with Gasteiger partial charge in [0.05, 0.1) is 0 Å². The normalized spacial score (nSPS) is 11.3. The Morgan fingerprint density at radius 2 is 1.80 bits per heavy atom. The van der Waals surface area contributed by atoms with E-state index in [0.717, 1.165) is 5.57 Å². The number of hydrogen-bond acceptors (Lipinski definition) is 0. The Hall–Kier alpha value is -0.470. The zero-order chi connectivity index (χ0) is 8.20. The van der Waals surface area contributed by atoms with Crippen LogP contribution in [0.25, 0.3) is 0 Å². The summed E-state index contributed by atoms with van der Waals surface area (Å²) in [6, 6.07) is 0. The van der Waals surface area contributed by atoms with E-state index in [2.05, 4.69) is 0 Å². The summed E-state index contributed by atoms with van der Waals surface area (Å²) in [6.45, 7) is 3.58. The zero-order valence-corrected chi connectivity index (χ0v) is 6.13. The van der Waals surface area contributed by atoms with E-state index in [9.17, 15) is 13.2 Å². The number of halogens is 3. The number of alkyl halides is 3. The van der Waals surface area contributed by atoms with Crippen molar-refractivity contribution in [1.82, 2.24) is 0 Å². The largest absolute Gasteiger partial charge is 0.389 e. The predicted octanol–water partition coefficient (Wildman–Crippen LogP) is 3.30. The Labute approximate surface area is 58.7 Å². The molecule has 60 valence electrons.